The molecule has 6 N–H and O–H groups in total. The highest BCUT2D eigenvalue weighted by Crippen LogP contribution is 2.61. The van der Waals surface area contributed by atoms with Crippen LogP contribution in [0.4, 0.5) is 0 Å². The Labute approximate surface area is 253 Å². The van der Waals surface area contributed by atoms with Crippen molar-refractivity contribution >= 4 is 17.8 Å². The van der Waals surface area contributed by atoms with Gasteiger partial charge < -0.3 is 35.1 Å². The molecule has 1 amide bonds. The molecule has 5 rings (SSSR count). The van der Waals surface area contributed by atoms with Crippen molar-refractivity contribution in [2.45, 2.75) is 116 Å². The highest BCUT2D eigenvalue weighted by molar-refractivity contribution is 5.88. The van der Waals surface area contributed by atoms with E-state index in [1.807, 2.05) is 19.9 Å². The minimum atomic E-state index is -1.36. The number of amides is 1. The van der Waals surface area contributed by atoms with Crippen molar-refractivity contribution in [3.05, 3.63) is 40.7 Å². The Morgan fingerprint density at radius 3 is 2.63 bits per heavy atom. The van der Waals surface area contributed by atoms with E-state index in [9.17, 15) is 24.6 Å². The summed E-state index contributed by atoms with van der Waals surface area (Å²) in [6.45, 7) is 7.62. The van der Waals surface area contributed by atoms with E-state index >= 15 is 0 Å². The quantitative estimate of drug-likeness (QED) is 0.225. The van der Waals surface area contributed by atoms with E-state index in [-0.39, 0.29) is 45.6 Å². The van der Waals surface area contributed by atoms with Crippen molar-refractivity contribution in [3.8, 4) is 5.75 Å². The fourth-order valence-electron chi connectivity index (χ4n) is 6.87. The SMILES string of the molecule is C.C.Cc1ccc(CO)c2c1[C@]13CCN(N)[C@H](C)[C@]1(O)CC=C(OC(=O)[C@H](C)OC(=O)[C@H](C)NC(=O)[C@@H]1CCCN1)[C@@H]3O2. The molecular weight excluding hydrogens is 556 g/mol. The molecular formula is C31H48N4O8. The fraction of sp³-hybridized carbons (Fsp3) is 0.645. The number of rotatable bonds is 7. The van der Waals surface area contributed by atoms with E-state index in [1.165, 1.54) is 13.8 Å². The van der Waals surface area contributed by atoms with Crippen molar-refractivity contribution in [2.75, 3.05) is 13.1 Å². The predicted molar refractivity (Wildman–Crippen MR) is 160 cm³/mol. The number of hydrogen-bond acceptors (Lipinski definition) is 11. The molecule has 0 unspecified atom stereocenters. The molecule has 1 aromatic rings. The number of benzene rings is 1. The maximum Gasteiger partial charge on any atom is 0.352 e. The molecule has 1 aliphatic carbocycles. The number of ether oxygens (including phenoxy) is 3. The summed E-state index contributed by atoms with van der Waals surface area (Å²) in [7, 11) is 0. The molecule has 0 aromatic heterocycles. The predicted octanol–water partition coefficient (Wildman–Crippen LogP) is 1.48. The van der Waals surface area contributed by atoms with Gasteiger partial charge in [0.05, 0.1) is 29.7 Å². The molecule has 3 heterocycles. The van der Waals surface area contributed by atoms with Crippen molar-refractivity contribution < 1.29 is 38.8 Å². The van der Waals surface area contributed by atoms with Crippen LogP contribution >= 0.6 is 0 Å². The zero-order valence-corrected chi connectivity index (χ0v) is 23.9. The standard InChI is InChI=1S/C29H40N4O8.2CH4/c1-15-7-8-19(14-34)23-22(15)28-11-13-33(30)18(4)29(28,38)10-9-21(24(28)41-23)40-27(37)17(3)39-26(36)16(2)32-25(35)20-6-5-12-31-20;;/h7-9,16-18,20,24,31,34,38H,5-6,10-14,30H2,1-4H3,(H,32,35);2*1H4/t16-,17-,18+,20-,24-,28-,29+;;/m0../s1. The van der Waals surface area contributed by atoms with Crippen LogP contribution in [-0.4, -0.2) is 82.1 Å². The summed E-state index contributed by atoms with van der Waals surface area (Å²) in [5.74, 6) is 5.07. The maximum absolute atomic E-state index is 13.2. The van der Waals surface area contributed by atoms with Crippen LogP contribution < -0.4 is 21.2 Å². The Morgan fingerprint density at radius 1 is 1.26 bits per heavy atom. The van der Waals surface area contributed by atoms with Crippen LogP contribution in [0.25, 0.3) is 0 Å². The van der Waals surface area contributed by atoms with E-state index in [1.54, 1.807) is 17.2 Å². The number of aliphatic hydroxyl groups excluding tert-OH is 1. The van der Waals surface area contributed by atoms with Crippen LogP contribution in [-0.2, 0) is 35.9 Å². The van der Waals surface area contributed by atoms with E-state index in [0.29, 0.717) is 30.7 Å². The van der Waals surface area contributed by atoms with Gasteiger partial charge in [0.25, 0.3) is 0 Å². The number of nitrogens with one attached hydrogen (secondary N) is 2. The highest BCUT2D eigenvalue weighted by Gasteiger charge is 2.69. The van der Waals surface area contributed by atoms with Gasteiger partial charge in [-0.3, -0.25) is 10.6 Å². The molecule has 12 nitrogen and oxygen atoms in total. The Hall–Kier alpha value is -3.03. The Balaban J connectivity index is 0.00000253. The number of fused-ring (bicyclic) bond motifs is 1. The summed E-state index contributed by atoms with van der Waals surface area (Å²) in [4.78, 5) is 38.2. The molecule has 0 radical (unpaired) electrons. The fourth-order valence-corrected chi connectivity index (χ4v) is 6.87. The normalized spacial score (nSPS) is 30.5. The topological polar surface area (TPSA) is 173 Å². The van der Waals surface area contributed by atoms with Crippen LogP contribution in [0.3, 0.4) is 0 Å². The summed E-state index contributed by atoms with van der Waals surface area (Å²) in [5, 5.41) is 29.6. The molecule has 1 spiro atoms. The second-order valence-electron chi connectivity index (χ2n) is 11.7. The Kier molecular flexibility index (Phi) is 10.3. The van der Waals surface area contributed by atoms with Crippen LogP contribution in [0, 0.1) is 6.92 Å². The lowest BCUT2D eigenvalue weighted by Crippen LogP contribution is -2.73. The smallest absolute Gasteiger partial charge is 0.352 e. The van der Waals surface area contributed by atoms with Gasteiger partial charge in [0.1, 0.15) is 17.6 Å². The Bertz CT molecular complexity index is 1260. The third kappa shape index (κ3) is 5.55. The number of aliphatic hydroxyl groups is 2. The lowest BCUT2D eigenvalue weighted by Gasteiger charge is -2.58. The third-order valence-electron chi connectivity index (χ3n) is 9.28. The van der Waals surface area contributed by atoms with Gasteiger partial charge in [0.2, 0.25) is 5.91 Å². The molecule has 0 bridgehead atoms. The number of nitrogens with two attached hydrogens (primary N) is 1. The molecule has 2 saturated heterocycles. The summed E-state index contributed by atoms with van der Waals surface area (Å²) in [5.41, 5.74) is -0.126. The van der Waals surface area contributed by atoms with Gasteiger partial charge in [0, 0.05) is 24.1 Å². The number of carbonyl (C=O) groups is 3. The van der Waals surface area contributed by atoms with Gasteiger partial charge in [-0.1, -0.05) is 27.0 Å². The first-order valence-corrected chi connectivity index (χ1v) is 14.2. The maximum atomic E-state index is 13.2. The minimum absolute atomic E-state index is 0. The van der Waals surface area contributed by atoms with Crippen molar-refractivity contribution in [3.63, 3.8) is 0 Å². The molecule has 43 heavy (non-hydrogen) atoms. The van der Waals surface area contributed by atoms with Gasteiger partial charge in [-0.15, -0.1) is 0 Å². The highest BCUT2D eigenvalue weighted by atomic mass is 16.6. The van der Waals surface area contributed by atoms with Gasteiger partial charge in [-0.05, 0) is 65.1 Å². The van der Waals surface area contributed by atoms with Crippen LogP contribution in [0.1, 0.15) is 78.0 Å². The molecule has 1 aromatic carbocycles. The minimum Gasteiger partial charge on any atom is -0.481 e. The van der Waals surface area contributed by atoms with E-state index in [4.69, 9.17) is 20.1 Å². The lowest BCUT2D eigenvalue weighted by molar-refractivity contribution is -0.174. The van der Waals surface area contributed by atoms with Gasteiger partial charge >= 0.3 is 11.9 Å². The Morgan fingerprint density at radius 2 is 1.98 bits per heavy atom. The zero-order chi connectivity index (χ0) is 29.7. The van der Waals surface area contributed by atoms with Crippen LogP contribution in [0.15, 0.2) is 24.0 Å². The second kappa shape index (κ2) is 12.9. The number of hydrogen-bond donors (Lipinski definition) is 5. The molecule has 0 saturated carbocycles. The number of esters is 2. The third-order valence-corrected chi connectivity index (χ3v) is 9.28. The average Bonchev–Trinajstić information content (AvgIpc) is 3.61. The molecule has 4 aliphatic rings. The molecule has 12 heteroatoms. The molecule has 2 fully saturated rings. The number of carbonyl (C=O) groups excluding carboxylic acids is 3. The van der Waals surface area contributed by atoms with E-state index in [0.717, 1.165) is 24.1 Å². The van der Waals surface area contributed by atoms with Gasteiger partial charge in [-0.25, -0.2) is 14.6 Å². The molecule has 240 valence electrons. The number of hydrazine groups is 1. The van der Waals surface area contributed by atoms with Crippen molar-refractivity contribution in [1.82, 2.24) is 15.6 Å². The molecule has 7 atom stereocenters. The zero-order valence-electron chi connectivity index (χ0n) is 23.9. The van der Waals surface area contributed by atoms with Crippen molar-refractivity contribution in [2.24, 2.45) is 5.84 Å². The second-order valence-corrected chi connectivity index (χ2v) is 11.7. The first-order chi connectivity index (χ1) is 19.4. The first kappa shape index (κ1) is 34.5. The van der Waals surface area contributed by atoms with E-state index < -0.39 is 47.2 Å². The number of aryl methyl sites for hydroxylation is 1. The lowest BCUT2D eigenvalue weighted by atomic mass is 9.54. The van der Waals surface area contributed by atoms with Crippen LogP contribution in [0.2, 0.25) is 0 Å². The monoisotopic (exact) mass is 604 g/mol. The first-order valence-electron chi connectivity index (χ1n) is 14.2. The van der Waals surface area contributed by atoms with Crippen LogP contribution in [0.5, 0.6) is 5.75 Å². The largest absolute Gasteiger partial charge is 0.481 e. The summed E-state index contributed by atoms with van der Waals surface area (Å²) in [6.07, 6.45) is 1.62. The van der Waals surface area contributed by atoms with Gasteiger partial charge in [0.15, 0.2) is 12.2 Å². The summed E-state index contributed by atoms with van der Waals surface area (Å²) < 4.78 is 17.6. The number of nitrogens with zero attached hydrogens (tertiary/aromatic N) is 1. The number of piperidine rings is 1. The van der Waals surface area contributed by atoms with Crippen molar-refractivity contribution in [1.29, 1.82) is 0 Å². The molecule has 3 aliphatic heterocycles. The average molecular weight is 605 g/mol. The van der Waals surface area contributed by atoms with E-state index in [2.05, 4.69) is 10.6 Å². The summed E-state index contributed by atoms with van der Waals surface area (Å²) >= 11 is 0. The van der Waals surface area contributed by atoms with Gasteiger partial charge in [-0.2, -0.15) is 0 Å². The summed E-state index contributed by atoms with van der Waals surface area (Å²) in [6, 6.07) is 1.91.